The first kappa shape index (κ1) is 10.9. The molecule has 2 unspecified atom stereocenters. The SMILES string of the molecule is CC1=NOC2(C(=O)OCCC#N)CCCC12. The number of ether oxygens (including phenoxy) is 1. The summed E-state index contributed by atoms with van der Waals surface area (Å²) in [6.45, 7) is 2.01. The lowest BCUT2D eigenvalue weighted by molar-refractivity contribution is -0.171. The molecule has 1 heterocycles. The second kappa shape index (κ2) is 4.12. The van der Waals surface area contributed by atoms with Crippen LogP contribution in [0.2, 0.25) is 0 Å². The molecule has 5 heteroatoms. The highest BCUT2D eigenvalue weighted by atomic mass is 16.7. The molecule has 0 bridgehead atoms. The van der Waals surface area contributed by atoms with E-state index in [0.29, 0.717) is 6.42 Å². The van der Waals surface area contributed by atoms with Crippen LogP contribution in [0, 0.1) is 17.2 Å². The van der Waals surface area contributed by atoms with E-state index < -0.39 is 5.60 Å². The average molecular weight is 222 g/mol. The summed E-state index contributed by atoms with van der Waals surface area (Å²) in [5, 5.41) is 12.3. The lowest BCUT2D eigenvalue weighted by atomic mass is 9.88. The van der Waals surface area contributed by atoms with Crippen LogP contribution < -0.4 is 0 Å². The molecule has 0 aromatic rings. The highest BCUT2D eigenvalue weighted by Crippen LogP contribution is 2.44. The Morgan fingerprint density at radius 3 is 3.38 bits per heavy atom. The Labute approximate surface area is 94.0 Å². The van der Waals surface area contributed by atoms with E-state index in [4.69, 9.17) is 14.8 Å². The van der Waals surface area contributed by atoms with E-state index in [-0.39, 0.29) is 24.9 Å². The van der Waals surface area contributed by atoms with Gasteiger partial charge in [-0.05, 0) is 19.8 Å². The van der Waals surface area contributed by atoms with Crippen LogP contribution in [-0.2, 0) is 14.4 Å². The summed E-state index contributed by atoms with van der Waals surface area (Å²) < 4.78 is 5.06. The minimum Gasteiger partial charge on any atom is -0.462 e. The van der Waals surface area contributed by atoms with Gasteiger partial charge in [0.05, 0.1) is 24.1 Å². The van der Waals surface area contributed by atoms with Crippen molar-refractivity contribution in [3.8, 4) is 6.07 Å². The number of rotatable bonds is 3. The number of nitriles is 1. The number of carbonyl (C=O) groups excluding carboxylic acids is 1. The number of nitrogens with zero attached hydrogens (tertiary/aromatic N) is 2. The first-order chi connectivity index (χ1) is 7.70. The lowest BCUT2D eigenvalue weighted by Crippen LogP contribution is -2.43. The van der Waals surface area contributed by atoms with E-state index in [9.17, 15) is 4.79 Å². The Bertz CT molecular complexity index is 372. The quantitative estimate of drug-likeness (QED) is 0.534. The van der Waals surface area contributed by atoms with E-state index in [1.807, 2.05) is 13.0 Å². The maximum atomic E-state index is 11.9. The highest BCUT2D eigenvalue weighted by molar-refractivity contribution is 5.95. The lowest BCUT2D eigenvalue weighted by Gasteiger charge is -2.24. The summed E-state index contributed by atoms with van der Waals surface area (Å²) in [6.07, 6.45) is 2.74. The maximum Gasteiger partial charge on any atom is 0.354 e. The zero-order valence-electron chi connectivity index (χ0n) is 9.23. The summed E-state index contributed by atoms with van der Waals surface area (Å²) in [5.41, 5.74) is -0.0192. The van der Waals surface area contributed by atoms with E-state index >= 15 is 0 Å². The molecule has 0 aromatic carbocycles. The zero-order chi connectivity index (χ0) is 11.6. The number of esters is 1. The predicted octanol–water partition coefficient (Wildman–Crippen LogP) is 1.39. The van der Waals surface area contributed by atoms with E-state index in [1.165, 1.54) is 0 Å². The second-order valence-corrected chi connectivity index (χ2v) is 4.20. The van der Waals surface area contributed by atoms with E-state index in [0.717, 1.165) is 18.6 Å². The summed E-state index contributed by atoms with van der Waals surface area (Å²) >= 11 is 0. The molecule has 2 atom stereocenters. The molecule has 0 amide bonds. The second-order valence-electron chi connectivity index (χ2n) is 4.20. The standard InChI is InChI=1S/C11H14N2O3/c1-8-9-4-2-5-11(9,16-13-8)10(14)15-7-3-6-12/h9H,2-5,7H2,1H3. The van der Waals surface area contributed by atoms with Gasteiger partial charge in [0, 0.05) is 6.42 Å². The van der Waals surface area contributed by atoms with Crippen LogP contribution in [0.3, 0.4) is 0 Å². The van der Waals surface area contributed by atoms with Crippen LogP contribution in [0.5, 0.6) is 0 Å². The molecular formula is C11H14N2O3. The molecular weight excluding hydrogens is 208 g/mol. The summed E-state index contributed by atoms with van der Waals surface area (Å²) in [7, 11) is 0. The average Bonchev–Trinajstić information content (AvgIpc) is 2.81. The van der Waals surface area contributed by atoms with Gasteiger partial charge in [-0.25, -0.2) is 4.79 Å². The normalized spacial score (nSPS) is 31.2. The molecule has 0 aromatic heterocycles. The van der Waals surface area contributed by atoms with Crippen LogP contribution in [0.25, 0.3) is 0 Å². The van der Waals surface area contributed by atoms with E-state index in [2.05, 4.69) is 5.16 Å². The fraction of sp³-hybridized carbons (Fsp3) is 0.727. The first-order valence-electron chi connectivity index (χ1n) is 5.47. The molecule has 86 valence electrons. The number of hydrogen-bond acceptors (Lipinski definition) is 5. The molecule has 1 saturated carbocycles. The number of oxime groups is 1. The van der Waals surface area contributed by atoms with Crippen molar-refractivity contribution in [3.63, 3.8) is 0 Å². The smallest absolute Gasteiger partial charge is 0.354 e. The molecule has 0 saturated heterocycles. The van der Waals surface area contributed by atoms with Gasteiger partial charge in [0.2, 0.25) is 5.60 Å². The van der Waals surface area contributed by atoms with Gasteiger partial charge in [-0.2, -0.15) is 5.26 Å². The molecule has 2 rings (SSSR count). The monoisotopic (exact) mass is 222 g/mol. The van der Waals surface area contributed by atoms with Crippen LogP contribution >= 0.6 is 0 Å². The molecule has 16 heavy (non-hydrogen) atoms. The number of hydrogen-bond donors (Lipinski definition) is 0. The predicted molar refractivity (Wildman–Crippen MR) is 55.5 cm³/mol. The van der Waals surface area contributed by atoms with E-state index in [1.54, 1.807) is 0 Å². The Kier molecular flexibility index (Phi) is 2.82. The van der Waals surface area contributed by atoms with Crippen molar-refractivity contribution in [1.82, 2.24) is 0 Å². The van der Waals surface area contributed by atoms with Crippen molar-refractivity contribution in [2.45, 2.75) is 38.2 Å². The number of fused-ring (bicyclic) bond motifs is 1. The Morgan fingerprint density at radius 2 is 2.62 bits per heavy atom. The van der Waals surface area contributed by atoms with Gasteiger partial charge in [0.25, 0.3) is 0 Å². The minimum absolute atomic E-state index is 0.0575. The Hall–Kier alpha value is -1.57. The Morgan fingerprint density at radius 1 is 1.81 bits per heavy atom. The molecule has 5 nitrogen and oxygen atoms in total. The third-order valence-electron chi connectivity index (χ3n) is 3.25. The third-order valence-corrected chi connectivity index (χ3v) is 3.25. The van der Waals surface area contributed by atoms with Crippen molar-refractivity contribution in [2.24, 2.45) is 11.1 Å². The van der Waals surface area contributed by atoms with Crippen molar-refractivity contribution in [3.05, 3.63) is 0 Å². The fourth-order valence-corrected chi connectivity index (χ4v) is 2.44. The van der Waals surface area contributed by atoms with Gasteiger partial charge in [0.1, 0.15) is 6.61 Å². The molecule has 1 aliphatic carbocycles. The van der Waals surface area contributed by atoms with Gasteiger partial charge in [-0.15, -0.1) is 0 Å². The summed E-state index contributed by atoms with van der Waals surface area (Å²) in [6, 6.07) is 1.93. The van der Waals surface area contributed by atoms with Gasteiger partial charge < -0.3 is 9.57 Å². The van der Waals surface area contributed by atoms with Crippen molar-refractivity contribution < 1.29 is 14.4 Å². The van der Waals surface area contributed by atoms with Crippen molar-refractivity contribution in [1.29, 1.82) is 5.26 Å². The first-order valence-corrected chi connectivity index (χ1v) is 5.47. The van der Waals surface area contributed by atoms with Gasteiger partial charge in [0.15, 0.2) is 0 Å². The molecule has 0 radical (unpaired) electrons. The van der Waals surface area contributed by atoms with Crippen LogP contribution in [0.4, 0.5) is 0 Å². The maximum absolute atomic E-state index is 11.9. The van der Waals surface area contributed by atoms with Crippen molar-refractivity contribution in [2.75, 3.05) is 6.61 Å². The van der Waals surface area contributed by atoms with Crippen LogP contribution in [-0.4, -0.2) is 23.9 Å². The van der Waals surface area contributed by atoms with Crippen LogP contribution in [0.1, 0.15) is 32.6 Å². The number of carbonyl (C=O) groups is 1. The molecule has 1 fully saturated rings. The zero-order valence-corrected chi connectivity index (χ0v) is 9.23. The highest BCUT2D eigenvalue weighted by Gasteiger charge is 2.57. The fourth-order valence-electron chi connectivity index (χ4n) is 2.44. The third kappa shape index (κ3) is 1.54. The van der Waals surface area contributed by atoms with Gasteiger partial charge in [-0.3, -0.25) is 0 Å². The largest absolute Gasteiger partial charge is 0.462 e. The van der Waals surface area contributed by atoms with Crippen molar-refractivity contribution >= 4 is 11.7 Å². The molecule has 0 N–H and O–H groups in total. The van der Waals surface area contributed by atoms with Crippen LogP contribution in [0.15, 0.2) is 5.16 Å². The molecule has 2 aliphatic rings. The minimum atomic E-state index is -0.889. The molecule has 1 aliphatic heterocycles. The summed E-state index contributed by atoms with van der Waals surface area (Å²) in [4.78, 5) is 17.2. The van der Waals surface area contributed by atoms with Gasteiger partial charge in [-0.1, -0.05) is 5.16 Å². The van der Waals surface area contributed by atoms with Gasteiger partial charge >= 0.3 is 5.97 Å². The summed E-state index contributed by atoms with van der Waals surface area (Å²) in [5.74, 6) is -0.312. The molecule has 0 spiro atoms. The Balaban J connectivity index is 2.03. The topological polar surface area (TPSA) is 71.7 Å².